The summed E-state index contributed by atoms with van der Waals surface area (Å²) in [7, 11) is 0. The Morgan fingerprint density at radius 2 is 2.04 bits per heavy atom. The van der Waals surface area contributed by atoms with Crippen LogP contribution in [0.15, 0.2) is 11.4 Å². The van der Waals surface area contributed by atoms with Crippen LogP contribution in [-0.2, 0) is 9.53 Å². The summed E-state index contributed by atoms with van der Waals surface area (Å²) >= 11 is 1.57. The van der Waals surface area contributed by atoms with Gasteiger partial charge in [0.25, 0.3) is 0 Å². The van der Waals surface area contributed by atoms with E-state index in [1.54, 1.807) is 11.3 Å². The van der Waals surface area contributed by atoms with Crippen LogP contribution in [0.2, 0.25) is 0 Å². The number of likely N-dealkylation sites (tertiary alicyclic amines) is 1. The monoisotopic (exact) mass is 355 g/mol. The first kappa shape index (κ1) is 16.5. The molecule has 0 unspecified atom stereocenters. The zero-order chi connectivity index (χ0) is 16.9. The number of thiophene rings is 1. The zero-order valence-electron chi connectivity index (χ0n) is 13.9. The lowest BCUT2D eigenvalue weighted by molar-refractivity contribution is -0.142. The number of alkyl halides is 2. The predicted molar refractivity (Wildman–Crippen MR) is 88.6 cm³/mol. The average molecular weight is 355 g/mol. The molecule has 3 aliphatic rings. The van der Waals surface area contributed by atoms with Crippen molar-refractivity contribution in [2.75, 3.05) is 19.7 Å². The van der Waals surface area contributed by atoms with Crippen LogP contribution < -0.4 is 0 Å². The number of hydrogen-bond acceptors (Lipinski definition) is 3. The Bertz CT molecular complexity index is 631. The third-order valence-corrected chi connectivity index (χ3v) is 6.74. The molecule has 24 heavy (non-hydrogen) atoms. The van der Waals surface area contributed by atoms with E-state index in [9.17, 15) is 13.6 Å². The summed E-state index contributed by atoms with van der Waals surface area (Å²) in [4.78, 5) is 16.0. The van der Waals surface area contributed by atoms with Crippen LogP contribution in [0, 0.1) is 12.8 Å². The predicted octanol–water partition coefficient (Wildman–Crippen LogP) is 3.97. The SMILES string of the molecule is Cc1cc([C@H]2CC(F)(F)CC[C@@H]2C(=O)N2CCC3(CC2)CO3)cs1. The molecule has 1 amide bonds. The Balaban J connectivity index is 1.51. The van der Waals surface area contributed by atoms with Gasteiger partial charge in [0.2, 0.25) is 11.8 Å². The largest absolute Gasteiger partial charge is 0.369 e. The number of carbonyl (C=O) groups excluding carboxylic acids is 1. The van der Waals surface area contributed by atoms with E-state index in [1.165, 1.54) is 0 Å². The van der Waals surface area contributed by atoms with Crippen molar-refractivity contribution in [3.8, 4) is 0 Å². The van der Waals surface area contributed by atoms with Crippen LogP contribution in [0.1, 0.15) is 48.5 Å². The summed E-state index contributed by atoms with van der Waals surface area (Å²) in [6.45, 7) is 4.18. The fourth-order valence-corrected chi connectivity index (χ4v) is 4.97. The van der Waals surface area contributed by atoms with Crippen molar-refractivity contribution in [2.24, 2.45) is 5.92 Å². The molecular formula is C18H23F2NO2S. The van der Waals surface area contributed by atoms with E-state index in [2.05, 4.69) is 0 Å². The maximum atomic E-state index is 14.0. The highest BCUT2D eigenvalue weighted by Crippen LogP contribution is 2.47. The van der Waals surface area contributed by atoms with Crippen molar-refractivity contribution in [3.63, 3.8) is 0 Å². The lowest BCUT2D eigenvalue weighted by atomic mass is 9.73. The highest BCUT2D eigenvalue weighted by Gasteiger charge is 2.50. The number of carbonyl (C=O) groups is 1. The summed E-state index contributed by atoms with van der Waals surface area (Å²) < 4.78 is 33.5. The van der Waals surface area contributed by atoms with Gasteiger partial charge in [0.05, 0.1) is 12.2 Å². The van der Waals surface area contributed by atoms with Crippen molar-refractivity contribution in [1.29, 1.82) is 0 Å². The van der Waals surface area contributed by atoms with E-state index < -0.39 is 5.92 Å². The first-order chi connectivity index (χ1) is 11.4. The molecular weight excluding hydrogens is 332 g/mol. The summed E-state index contributed by atoms with van der Waals surface area (Å²) in [6, 6.07) is 1.97. The standard InChI is InChI=1S/C18H23F2NO2S/c1-12-8-13(10-24-12)15-9-18(19,20)3-2-14(15)16(22)21-6-4-17(5-7-21)11-23-17/h8,10,14-15H,2-7,9,11H2,1H3/t14-,15+/m0/s1. The molecule has 0 N–H and O–H groups in total. The Kier molecular flexibility index (Phi) is 3.95. The lowest BCUT2D eigenvalue weighted by Gasteiger charge is -2.39. The lowest BCUT2D eigenvalue weighted by Crippen LogP contribution is -2.47. The van der Waals surface area contributed by atoms with Crippen molar-refractivity contribution in [3.05, 3.63) is 21.9 Å². The van der Waals surface area contributed by atoms with Crippen molar-refractivity contribution in [2.45, 2.75) is 56.5 Å². The van der Waals surface area contributed by atoms with Gasteiger partial charge in [0.15, 0.2) is 0 Å². The minimum Gasteiger partial charge on any atom is -0.369 e. The number of aryl methyl sites for hydroxylation is 1. The minimum atomic E-state index is -2.66. The van der Waals surface area contributed by atoms with Crippen LogP contribution in [0.5, 0.6) is 0 Å². The second-order valence-electron chi connectivity index (χ2n) is 7.60. The van der Waals surface area contributed by atoms with Gasteiger partial charge in [-0.15, -0.1) is 11.3 Å². The van der Waals surface area contributed by atoms with Crippen LogP contribution in [-0.4, -0.2) is 42.0 Å². The van der Waals surface area contributed by atoms with Crippen molar-refractivity contribution >= 4 is 17.2 Å². The van der Waals surface area contributed by atoms with Gasteiger partial charge in [0, 0.05) is 42.6 Å². The molecule has 0 aromatic carbocycles. The number of nitrogens with zero attached hydrogens (tertiary/aromatic N) is 1. The van der Waals surface area contributed by atoms with Gasteiger partial charge >= 0.3 is 0 Å². The molecule has 3 nitrogen and oxygen atoms in total. The molecule has 0 bridgehead atoms. The number of epoxide rings is 1. The second-order valence-corrected chi connectivity index (χ2v) is 8.71. The van der Waals surface area contributed by atoms with Gasteiger partial charge in [0.1, 0.15) is 0 Å². The molecule has 1 aromatic heterocycles. The van der Waals surface area contributed by atoms with E-state index >= 15 is 0 Å². The highest BCUT2D eigenvalue weighted by atomic mass is 32.1. The smallest absolute Gasteiger partial charge is 0.248 e. The van der Waals surface area contributed by atoms with Crippen molar-refractivity contribution < 1.29 is 18.3 Å². The third kappa shape index (κ3) is 3.10. The van der Waals surface area contributed by atoms with E-state index in [1.807, 2.05) is 23.3 Å². The average Bonchev–Trinajstić information content (AvgIpc) is 3.15. The number of piperidine rings is 1. The van der Waals surface area contributed by atoms with Crippen molar-refractivity contribution in [1.82, 2.24) is 4.90 Å². The summed E-state index contributed by atoms with van der Waals surface area (Å²) in [6.07, 6.45) is 1.65. The molecule has 2 atom stereocenters. The Hall–Kier alpha value is -1.01. The number of amides is 1. The molecule has 4 rings (SSSR count). The molecule has 1 saturated carbocycles. The van der Waals surface area contributed by atoms with Gasteiger partial charge in [-0.1, -0.05) is 0 Å². The molecule has 2 aliphatic heterocycles. The van der Waals surface area contributed by atoms with Crippen LogP contribution >= 0.6 is 11.3 Å². The summed E-state index contributed by atoms with van der Waals surface area (Å²) in [5.41, 5.74) is 0.939. The topological polar surface area (TPSA) is 32.8 Å². The quantitative estimate of drug-likeness (QED) is 0.752. The maximum Gasteiger partial charge on any atom is 0.248 e. The molecule has 1 spiro atoms. The molecule has 6 heteroatoms. The van der Waals surface area contributed by atoms with Gasteiger partial charge in [-0.05, 0) is 43.2 Å². The van der Waals surface area contributed by atoms with E-state index in [0.29, 0.717) is 13.1 Å². The second kappa shape index (κ2) is 5.77. The molecule has 3 fully saturated rings. The van der Waals surface area contributed by atoms with E-state index in [4.69, 9.17) is 4.74 Å². The number of rotatable bonds is 2. The molecule has 2 saturated heterocycles. The molecule has 132 valence electrons. The molecule has 1 aromatic rings. The zero-order valence-corrected chi connectivity index (χ0v) is 14.7. The van der Waals surface area contributed by atoms with Gasteiger partial charge in [-0.3, -0.25) is 4.79 Å². The Morgan fingerprint density at radius 3 is 2.62 bits per heavy atom. The number of hydrogen-bond donors (Lipinski definition) is 0. The summed E-state index contributed by atoms with van der Waals surface area (Å²) in [5.74, 6) is -3.27. The first-order valence-corrected chi connectivity index (χ1v) is 9.61. The van der Waals surface area contributed by atoms with Gasteiger partial charge < -0.3 is 9.64 Å². The van der Waals surface area contributed by atoms with E-state index in [0.717, 1.165) is 29.9 Å². The fourth-order valence-electron chi connectivity index (χ4n) is 4.20. The molecule has 1 aliphatic carbocycles. The molecule has 3 heterocycles. The maximum absolute atomic E-state index is 14.0. The van der Waals surface area contributed by atoms with Gasteiger partial charge in [-0.25, -0.2) is 8.78 Å². The van der Waals surface area contributed by atoms with Gasteiger partial charge in [-0.2, -0.15) is 0 Å². The fraction of sp³-hybridized carbons (Fsp3) is 0.722. The summed E-state index contributed by atoms with van der Waals surface area (Å²) in [5, 5.41) is 1.95. The molecule has 0 radical (unpaired) electrons. The number of halogens is 2. The van der Waals surface area contributed by atoms with Crippen LogP contribution in [0.4, 0.5) is 8.78 Å². The minimum absolute atomic E-state index is 0.0280. The normalized spacial score (nSPS) is 31.2. The van der Waals surface area contributed by atoms with Crippen LogP contribution in [0.25, 0.3) is 0 Å². The Labute approximate surface area is 145 Å². The van der Waals surface area contributed by atoms with Crippen LogP contribution in [0.3, 0.4) is 0 Å². The van der Waals surface area contributed by atoms with E-state index in [-0.39, 0.29) is 42.6 Å². The number of ether oxygens (including phenoxy) is 1. The first-order valence-electron chi connectivity index (χ1n) is 8.73. The Morgan fingerprint density at radius 1 is 1.33 bits per heavy atom. The third-order valence-electron chi connectivity index (χ3n) is 5.86. The highest BCUT2D eigenvalue weighted by molar-refractivity contribution is 7.10.